The Kier molecular flexibility index (Phi) is 2.33. The standard InChI is InChI=1S/C18H19N/c1-19-12-18-11-10-13(14-6-2-4-8-16(14)18)15-7-3-5-9-17(15)18/h2-9,13,19H,10-12H2,1H3. The molecule has 1 nitrogen and oxygen atoms in total. The Morgan fingerprint density at radius 2 is 1.58 bits per heavy atom. The molecule has 0 heterocycles. The molecule has 0 radical (unpaired) electrons. The molecule has 3 aliphatic carbocycles. The van der Waals surface area contributed by atoms with E-state index in [1.54, 1.807) is 22.3 Å². The third kappa shape index (κ3) is 1.34. The summed E-state index contributed by atoms with van der Waals surface area (Å²) in [4.78, 5) is 0. The molecule has 0 unspecified atom stereocenters. The Bertz CT molecular complexity index is 582. The Labute approximate surface area is 114 Å². The quantitative estimate of drug-likeness (QED) is 0.860. The summed E-state index contributed by atoms with van der Waals surface area (Å²) in [6.07, 6.45) is 2.56. The van der Waals surface area contributed by atoms with Crippen LogP contribution in [0.25, 0.3) is 0 Å². The van der Waals surface area contributed by atoms with E-state index in [0.717, 1.165) is 6.54 Å². The molecular weight excluding hydrogens is 230 g/mol. The van der Waals surface area contributed by atoms with Crippen molar-refractivity contribution < 1.29 is 0 Å². The van der Waals surface area contributed by atoms with E-state index in [4.69, 9.17) is 0 Å². The molecule has 0 fully saturated rings. The number of rotatable bonds is 2. The van der Waals surface area contributed by atoms with Crippen molar-refractivity contribution in [3.8, 4) is 0 Å². The first-order valence-corrected chi connectivity index (χ1v) is 7.20. The SMILES string of the molecule is CNCC12CCC(c3ccccc31)c1ccccc12. The molecule has 2 aromatic rings. The number of likely N-dealkylation sites (N-methyl/N-ethyl adjacent to an activating group) is 1. The van der Waals surface area contributed by atoms with Gasteiger partial charge in [-0.1, -0.05) is 48.5 Å². The summed E-state index contributed by atoms with van der Waals surface area (Å²) in [7, 11) is 2.07. The molecule has 3 aliphatic rings. The molecule has 0 spiro atoms. The first-order chi connectivity index (χ1) is 9.37. The second-order valence-corrected chi connectivity index (χ2v) is 5.88. The summed E-state index contributed by atoms with van der Waals surface area (Å²) in [5.74, 6) is 0.617. The van der Waals surface area contributed by atoms with E-state index in [-0.39, 0.29) is 5.41 Å². The maximum Gasteiger partial charge on any atom is 0.0333 e. The lowest BCUT2D eigenvalue weighted by Crippen LogP contribution is -2.46. The minimum absolute atomic E-state index is 0.191. The minimum Gasteiger partial charge on any atom is -0.319 e. The molecule has 2 aromatic carbocycles. The average molecular weight is 249 g/mol. The first kappa shape index (κ1) is 11.2. The highest BCUT2D eigenvalue weighted by Crippen LogP contribution is 2.55. The van der Waals surface area contributed by atoms with Gasteiger partial charge in [0.2, 0.25) is 0 Å². The molecule has 1 heteroatoms. The lowest BCUT2D eigenvalue weighted by atomic mass is 9.55. The molecule has 19 heavy (non-hydrogen) atoms. The third-order valence-corrected chi connectivity index (χ3v) is 5.04. The van der Waals surface area contributed by atoms with Crippen molar-refractivity contribution >= 4 is 0 Å². The van der Waals surface area contributed by atoms with Gasteiger partial charge >= 0.3 is 0 Å². The van der Waals surface area contributed by atoms with E-state index >= 15 is 0 Å². The maximum absolute atomic E-state index is 3.44. The van der Waals surface area contributed by atoms with E-state index < -0.39 is 0 Å². The third-order valence-electron chi connectivity index (χ3n) is 5.04. The number of hydrogen-bond acceptors (Lipinski definition) is 1. The molecule has 1 N–H and O–H groups in total. The minimum atomic E-state index is 0.191. The van der Waals surface area contributed by atoms with Crippen molar-refractivity contribution in [1.29, 1.82) is 0 Å². The highest BCUT2D eigenvalue weighted by atomic mass is 14.8. The molecule has 0 aromatic heterocycles. The highest BCUT2D eigenvalue weighted by Gasteiger charge is 2.47. The van der Waals surface area contributed by atoms with Gasteiger partial charge in [0.05, 0.1) is 0 Å². The summed E-state index contributed by atoms with van der Waals surface area (Å²) in [6, 6.07) is 18.1. The van der Waals surface area contributed by atoms with Crippen LogP contribution < -0.4 is 5.32 Å². The second kappa shape index (κ2) is 3.94. The van der Waals surface area contributed by atoms with Crippen molar-refractivity contribution in [2.24, 2.45) is 0 Å². The van der Waals surface area contributed by atoms with Crippen LogP contribution in [0.2, 0.25) is 0 Å². The van der Waals surface area contributed by atoms with Crippen LogP contribution in [0.1, 0.15) is 41.0 Å². The van der Waals surface area contributed by atoms with E-state index in [1.165, 1.54) is 12.8 Å². The Morgan fingerprint density at radius 3 is 2.16 bits per heavy atom. The highest BCUT2D eigenvalue weighted by molar-refractivity contribution is 5.59. The van der Waals surface area contributed by atoms with Crippen LogP contribution in [0.15, 0.2) is 48.5 Å². The van der Waals surface area contributed by atoms with Crippen molar-refractivity contribution in [1.82, 2.24) is 5.32 Å². The number of hydrogen-bond donors (Lipinski definition) is 1. The van der Waals surface area contributed by atoms with Crippen molar-refractivity contribution in [3.63, 3.8) is 0 Å². The van der Waals surface area contributed by atoms with Crippen LogP contribution in [-0.2, 0) is 5.41 Å². The zero-order valence-corrected chi connectivity index (χ0v) is 11.3. The molecule has 0 saturated carbocycles. The molecule has 96 valence electrons. The zero-order valence-electron chi connectivity index (χ0n) is 11.3. The predicted octanol–water partition coefficient (Wildman–Crippen LogP) is 3.43. The number of fused-ring (bicyclic) bond motifs is 1. The number of benzene rings is 2. The zero-order chi connectivity index (χ0) is 12.9. The van der Waals surface area contributed by atoms with Gasteiger partial charge in [-0.2, -0.15) is 0 Å². The first-order valence-electron chi connectivity index (χ1n) is 7.20. The van der Waals surface area contributed by atoms with Crippen LogP contribution in [0.3, 0.4) is 0 Å². The number of nitrogens with one attached hydrogen (secondary N) is 1. The van der Waals surface area contributed by atoms with E-state index in [9.17, 15) is 0 Å². The van der Waals surface area contributed by atoms with Gasteiger partial charge in [0.15, 0.2) is 0 Å². The second-order valence-electron chi connectivity index (χ2n) is 5.88. The normalized spacial score (nSPS) is 26.9. The smallest absolute Gasteiger partial charge is 0.0333 e. The van der Waals surface area contributed by atoms with Gasteiger partial charge in [-0.05, 0) is 42.1 Å². The topological polar surface area (TPSA) is 12.0 Å². The fourth-order valence-corrected chi connectivity index (χ4v) is 4.34. The molecule has 0 aliphatic heterocycles. The summed E-state index contributed by atoms with van der Waals surface area (Å²) in [6.45, 7) is 1.04. The summed E-state index contributed by atoms with van der Waals surface area (Å²) in [5, 5.41) is 3.44. The van der Waals surface area contributed by atoms with Gasteiger partial charge in [0.25, 0.3) is 0 Å². The molecule has 0 amide bonds. The fraction of sp³-hybridized carbons (Fsp3) is 0.333. The van der Waals surface area contributed by atoms with Crippen molar-refractivity contribution in [2.45, 2.75) is 24.2 Å². The van der Waals surface area contributed by atoms with E-state index in [0.29, 0.717) is 5.92 Å². The Balaban J connectivity index is 2.04. The van der Waals surface area contributed by atoms with Gasteiger partial charge in [0.1, 0.15) is 0 Å². The lowest BCUT2D eigenvalue weighted by molar-refractivity contribution is 0.362. The van der Waals surface area contributed by atoms with Gasteiger partial charge in [0, 0.05) is 17.9 Å². The van der Waals surface area contributed by atoms with Crippen LogP contribution in [0, 0.1) is 0 Å². The van der Waals surface area contributed by atoms with Crippen LogP contribution in [-0.4, -0.2) is 13.6 Å². The fourth-order valence-electron chi connectivity index (χ4n) is 4.34. The van der Waals surface area contributed by atoms with Crippen molar-refractivity contribution in [3.05, 3.63) is 70.8 Å². The van der Waals surface area contributed by atoms with Crippen LogP contribution >= 0.6 is 0 Å². The lowest BCUT2D eigenvalue weighted by Gasteiger charge is -2.49. The molecule has 2 bridgehead atoms. The predicted molar refractivity (Wildman–Crippen MR) is 78.7 cm³/mol. The molecule has 0 saturated heterocycles. The molecule has 5 rings (SSSR count). The largest absolute Gasteiger partial charge is 0.319 e. The van der Waals surface area contributed by atoms with Gasteiger partial charge < -0.3 is 5.32 Å². The van der Waals surface area contributed by atoms with E-state index in [1.807, 2.05) is 0 Å². The summed E-state index contributed by atoms with van der Waals surface area (Å²) >= 11 is 0. The average Bonchev–Trinajstić information content (AvgIpc) is 2.49. The maximum atomic E-state index is 3.44. The monoisotopic (exact) mass is 249 g/mol. The molecule has 0 atom stereocenters. The summed E-state index contributed by atoms with van der Waals surface area (Å²) in [5.41, 5.74) is 6.42. The Morgan fingerprint density at radius 1 is 1.00 bits per heavy atom. The van der Waals surface area contributed by atoms with Gasteiger partial charge in [-0.25, -0.2) is 0 Å². The van der Waals surface area contributed by atoms with Gasteiger partial charge in [-0.3, -0.25) is 0 Å². The summed E-state index contributed by atoms with van der Waals surface area (Å²) < 4.78 is 0. The van der Waals surface area contributed by atoms with Crippen molar-refractivity contribution in [2.75, 3.05) is 13.6 Å². The van der Waals surface area contributed by atoms with E-state index in [2.05, 4.69) is 60.9 Å². The van der Waals surface area contributed by atoms with Gasteiger partial charge in [-0.15, -0.1) is 0 Å². The van der Waals surface area contributed by atoms with Crippen LogP contribution in [0.4, 0.5) is 0 Å². The Hall–Kier alpha value is -1.60. The van der Waals surface area contributed by atoms with Crippen LogP contribution in [0.5, 0.6) is 0 Å². The molecular formula is C18H19N.